The smallest absolute Gasteiger partial charge is 0.0769 e. The van der Waals surface area contributed by atoms with Crippen molar-refractivity contribution in [1.29, 1.82) is 0 Å². The third-order valence-corrected chi connectivity index (χ3v) is 2.95. The second kappa shape index (κ2) is 4.97. The first-order chi connectivity index (χ1) is 6.20. The summed E-state index contributed by atoms with van der Waals surface area (Å²) in [7, 11) is 0. The molecule has 1 atom stereocenters. The molecular formula is C11H23NO. The Morgan fingerprint density at radius 3 is 2.54 bits per heavy atom. The lowest BCUT2D eigenvalue weighted by molar-refractivity contribution is 0.0254. The van der Waals surface area contributed by atoms with Gasteiger partial charge in [0, 0.05) is 12.6 Å². The van der Waals surface area contributed by atoms with E-state index in [1.807, 2.05) is 0 Å². The van der Waals surface area contributed by atoms with Gasteiger partial charge in [0.05, 0.1) is 5.60 Å². The largest absolute Gasteiger partial charge is 0.389 e. The number of hydrogen-bond acceptors (Lipinski definition) is 2. The van der Waals surface area contributed by atoms with Gasteiger partial charge >= 0.3 is 0 Å². The quantitative estimate of drug-likeness (QED) is 0.636. The Morgan fingerprint density at radius 1 is 1.38 bits per heavy atom. The number of unbranched alkanes of at least 4 members (excludes halogenated alkanes) is 1. The summed E-state index contributed by atoms with van der Waals surface area (Å²) >= 11 is 0. The van der Waals surface area contributed by atoms with Crippen molar-refractivity contribution < 1.29 is 5.11 Å². The third-order valence-electron chi connectivity index (χ3n) is 2.95. The highest BCUT2D eigenvalue weighted by molar-refractivity contribution is 4.86. The summed E-state index contributed by atoms with van der Waals surface area (Å²) in [6, 6.07) is 0.708. The number of aliphatic hydroxyl groups is 1. The fraction of sp³-hybridized carbons (Fsp3) is 1.00. The average molecular weight is 185 g/mol. The molecule has 0 aromatic rings. The molecule has 2 nitrogen and oxygen atoms in total. The van der Waals surface area contributed by atoms with Crippen molar-refractivity contribution in [3.05, 3.63) is 0 Å². The van der Waals surface area contributed by atoms with Gasteiger partial charge in [-0.05, 0) is 25.7 Å². The topological polar surface area (TPSA) is 32.3 Å². The maximum absolute atomic E-state index is 10.2. The molecule has 0 heterocycles. The minimum Gasteiger partial charge on any atom is -0.389 e. The second-order valence-corrected chi connectivity index (χ2v) is 4.34. The van der Waals surface area contributed by atoms with Crippen LogP contribution in [0.2, 0.25) is 0 Å². The molecular weight excluding hydrogens is 162 g/mol. The van der Waals surface area contributed by atoms with Gasteiger partial charge < -0.3 is 10.4 Å². The molecule has 2 heteroatoms. The van der Waals surface area contributed by atoms with E-state index in [-0.39, 0.29) is 0 Å². The highest BCUT2D eigenvalue weighted by Gasteiger charge is 2.28. The summed E-state index contributed by atoms with van der Waals surface area (Å²) in [5.74, 6) is 0. The maximum Gasteiger partial charge on any atom is 0.0769 e. The van der Waals surface area contributed by atoms with Crippen LogP contribution in [-0.2, 0) is 0 Å². The normalized spacial score (nSPS) is 21.5. The summed E-state index contributed by atoms with van der Waals surface area (Å²) in [5, 5.41) is 13.6. The van der Waals surface area contributed by atoms with Gasteiger partial charge in [-0.1, -0.05) is 26.7 Å². The zero-order valence-corrected chi connectivity index (χ0v) is 8.97. The highest BCUT2D eigenvalue weighted by atomic mass is 16.3. The van der Waals surface area contributed by atoms with E-state index in [1.165, 1.54) is 19.3 Å². The van der Waals surface area contributed by atoms with Crippen LogP contribution in [-0.4, -0.2) is 23.3 Å². The Kier molecular flexibility index (Phi) is 4.20. The molecule has 1 rings (SSSR count). The standard InChI is InChI=1S/C11H23NO/c1-3-5-8-11(13,4-2)9-12-10-6-7-10/h10,12-13H,3-9H2,1-2H3. The predicted molar refractivity (Wildman–Crippen MR) is 55.8 cm³/mol. The van der Waals surface area contributed by atoms with E-state index < -0.39 is 5.60 Å². The zero-order chi connectivity index (χ0) is 9.73. The molecule has 0 spiro atoms. The molecule has 0 aromatic carbocycles. The average Bonchev–Trinajstić information content (AvgIpc) is 2.95. The molecule has 0 radical (unpaired) electrons. The van der Waals surface area contributed by atoms with Gasteiger partial charge in [-0.25, -0.2) is 0 Å². The Labute approximate surface area is 81.7 Å². The lowest BCUT2D eigenvalue weighted by atomic mass is 9.94. The Morgan fingerprint density at radius 2 is 2.08 bits per heavy atom. The van der Waals surface area contributed by atoms with Gasteiger partial charge in [-0.15, -0.1) is 0 Å². The fourth-order valence-electron chi connectivity index (χ4n) is 1.52. The van der Waals surface area contributed by atoms with Crippen LogP contribution in [0, 0.1) is 0 Å². The molecule has 2 N–H and O–H groups in total. The minimum atomic E-state index is -0.446. The summed E-state index contributed by atoms with van der Waals surface area (Å²) in [4.78, 5) is 0. The van der Waals surface area contributed by atoms with Gasteiger partial charge in [0.15, 0.2) is 0 Å². The van der Waals surface area contributed by atoms with Crippen LogP contribution in [0.1, 0.15) is 52.4 Å². The second-order valence-electron chi connectivity index (χ2n) is 4.34. The Balaban J connectivity index is 2.19. The van der Waals surface area contributed by atoms with Gasteiger partial charge in [-0.2, -0.15) is 0 Å². The van der Waals surface area contributed by atoms with E-state index in [4.69, 9.17) is 0 Å². The van der Waals surface area contributed by atoms with E-state index in [2.05, 4.69) is 19.2 Å². The monoisotopic (exact) mass is 185 g/mol. The molecule has 0 bridgehead atoms. The van der Waals surface area contributed by atoms with Crippen molar-refractivity contribution in [2.24, 2.45) is 0 Å². The van der Waals surface area contributed by atoms with Crippen molar-refractivity contribution in [2.75, 3.05) is 6.54 Å². The van der Waals surface area contributed by atoms with E-state index in [1.54, 1.807) is 0 Å². The number of nitrogens with one attached hydrogen (secondary N) is 1. The molecule has 78 valence electrons. The van der Waals surface area contributed by atoms with Crippen molar-refractivity contribution in [3.63, 3.8) is 0 Å². The van der Waals surface area contributed by atoms with Crippen molar-refractivity contribution in [1.82, 2.24) is 5.32 Å². The van der Waals surface area contributed by atoms with Crippen molar-refractivity contribution in [3.8, 4) is 0 Å². The van der Waals surface area contributed by atoms with Crippen molar-refractivity contribution >= 4 is 0 Å². The van der Waals surface area contributed by atoms with Gasteiger partial charge in [0.2, 0.25) is 0 Å². The Hall–Kier alpha value is -0.0800. The number of hydrogen-bond donors (Lipinski definition) is 2. The maximum atomic E-state index is 10.2. The van der Waals surface area contributed by atoms with E-state index in [9.17, 15) is 5.11 Å². The van der Waals surface area contributed by atoms with Crippen molar-refractivity contribution in [2.45, 2.75) is 64.0 Å². The third kappa shape index (κ3) is 4.10. The molecule has 1 saturated carbocycles. The summed E-state index contributed by atoms with van der Waals surface area (Å²) in [5.41, 5.74) is -0.446. The SMILES string of the molecule is CCCCC(O)(CC)CNC1CC1. The summed E-state index contributed by atoms with van der Waals surface area (Å²) in [6.45, 7) is 5.03. The molecule has 1 fully saturated rings. The first-order valence-electron chi connectivity index (χ1n) is 5.66. The molecule has 0 saturated heterocycles. The molecule has 0 amide bonds. The molecule has 1 aliphatic rings. The first-order valence-corrected chi connectivity index (χ1v) is 5.66. The van der Waals surface area contributed by atoms with Crippen LogP contribution < -0.4 is 5.32 Å². The van der Waals surface area contributed by atoms with Crippen LogP contribution in [0.5, 0.6) is 0 Å². The zero-order valence-electron chi connectivity index (χ0n) is 8.97. The van der Waals surface area contributed by atoms with Crippen LogP contribution in [0.25, 0.3) is 0 Å². The highest BCUT2D eigenvalue weighted by Crippen LogP contribution is 2.22. The van der Waals surface area contributed by atoms with Crippen LogP contribution in [0.4, 0.5) is 0 Å². The Bertz CT molecular complexity index is 145. The van der Waals surface area contributed by atoms with Gasteiger partial charge in [0.25, 0.3) is 0 Å². The molecule has 1 aliphatic carbocycles. The van der Waals surface area contributed by atoms with Gasteiger partial charge in [-0.3, -0.25) is 0 Å². The van der Waals surface area contributed by atoms with Crippen LogP contribution >= 0.6 is 0 Å². The van der Waals surface area contributed by atoms with Crippen LogP contribution in [0.3, 0.4) is 0 Å². The van der Waals surface area contributed by atoms with Crippen LogP contribution in [0.15, 0.2) is 0 Å². The van der Waals surface area contributed by atoms with E-state index >= 15 is 0 Å². The van der Waals surface area contributed by atoms with E-state index in [0.717, 1.165) is 25.8 Å². The molecule has 1 unspecified atom stereocenters. The lowest BCUT2D eigenvalue weighted by Crippen LogP contribution is -2.40. The molecule has 13 heavy (non-hydrogen) atoms. The summed E-state index contributed by atoms with van der Waals surface area (Å²) in [6.07, 6.45) is 6.72. The van der Waals surface area contributed by atoms with E-state index in [0.29, 0.717) is 6.04 Å². The fourth-order valence-corrected chi connectivity index (χ4v) is 1.52. The number of rotatable bonds is 7. The minimum absolute atomic E-state index is 0.446. The lowest BCUT2D eigenvalue weighted by Gasteiger charge is -2.27. The molecule has 0 aliphatic heterocycles. The van der Waals surface area contributed by atoms with Gasteiger partial charge in [0.1, 0.15) is 0 Å². The molecule has 0 aromatic heterocycles. The first kappa shape index (κ1) is 11.0. The predicted octanol–water partition coefficient (Wildman–Crippen LogP) is 2.07. The summed E-state index contributed by atoms with van der Waals surface area (Å²) < 4.78 is 0.